The molecule has 1 rings (SSSR count). The number of aliphatic hydroxyl groups is 1. The van der Waals surface area contributed by atoms with Gasteiger partial charge in [-0.1, -0.05) is 6.07 Å². The Morgan fingerprint density at radius 1 is 1.67 bits per heavy atom. The maximum atomic E-state index is 10.1. The van der Waals surface area contributed by atoms with Crippen LogP contribution in [0.2, 0.25) is 0 Å². The summed E-state index contributed by atoms with van der Waals surface area (Å²) in [5.74, 6) is 0. The average Bonchev–Trinajstić information content (AvgIpc) is 2.29. The van der Waals surface area contributed by atoms with E-state index in [1.165, 1.54) is 5.01 Å². The van der Waals surface area contributed by atoms with Crippen molar-refractivity contribution in [1.29, 1.82) is 0 Å². The number of rotatable bonds is 6. The molecule has 0 bridgehead atoms. The molecular formula is C10H15N3O2. The molecule has 1 atom stereocenters. The first-order valence-electron chi connectivity index (χ1n) is 4.86. The molecular weight excluding hydrogens is 200 g/mol. The molecule has 0 saturated heterocycles. The zero-order valence-electron chi connectivity index (χ0n) is 8.71. The summed E-state index contributed by atoms with van der Waals surface area (Å²) in [6.07, 6.45) is 4.12. The Morgan fingerprint density at radius 2 is 2.47 bits per heavy atom. The number of nitroso groups, excluding NO2 is 1. The number of pyridine rings is 1. The van der Waals surface area contributed by atoms with Gasteiger partial charge in [0.25, 0.3) is 0 Å². The van der Waals surface area contributed by atoms with E-state index in [1.54, 1.807) is 25.5 Å². The van der Waals surface area contributed by atoms with Gasteiger partial charge in [0, 0.05) is 26.0 Å². The summed E-state index contributed by atoms with van der Waals surface area (Å²) >= 11 is 0. The molecule has 1 aromatic heterocycles. The minimum atomic E-state index is -0.515. The second kappa shape index (κ2) is 6.08. The van der Waals surface area contributed by atoms with E-state index in [2.05, 4.69) is 10.3 Å². The molecule has 0 aliphatic rings. The first kappa shape index (κ1) is 11.6. The largest absolute Gasteiger partial charge is 0.388 e. The fraction of sp³-hybridized carbons (Fsp3) is 0.500. The van der Waals surface area contributed by atoms with Crippen molar-refractivity contribution in [3.8, 4) is 0 Å². The van der Waals surface area contributed by atoms with Gasteiger partial charge < -0.3 is 5.11 Å². The minimum Gasteiger partial charge on any atom is -0.388 e. The van der Waals surface area contributed by atoms with Crippen LogP contribution in [0.15, 0.2) is 29.8 Å². The smallest absolute Gasteiger partial charge is 0.0805 e. The van der Waals surface area contributed by atoms with Crippen molar-refractivity contribution in [2.45, 2.75) is 18.9 Å². The van der Waals surface area contributed by atoms with Crippen molar-refractivity contribution in [2.24, 2.45) is 5.29 Å². The molecule has 0 saturated carbocycles. The maximum Gasteiger partial charge on any atom is 0.0805 e. The van der Waals surface area contributed by atoms with Gasteiger partial charge in [0.15, 0.2) is 0 Å². The van der Waals surface area contributed by atoms with Crippen molar-refractivity contribution < 1.29 is 5.11 Å². The Balaban J connectivity index is 2.31. The van der Waals surface area contributed by atoms with Crippen molar-refractivity contribution in [3.63, 3.8) is 0 Å². The fourth-order valence-electron chi connectivity index (χ4n) is 1.29. The van der Waals surface area contributed by atoms with Crippen LogP contribution in [0.4, 0.5) is 0 Å². The lowest BCUT2D eigenvalue weighted by Gasteiger charge is -2.12. The summed E-state index contributed by atoms with van der Waals surface area (Å²) in [4.78, 5) is 14.0. The van der Waals surface area contributed by atoms with Crippen LogP contribution >= 0.6 is 0 Å². The van der Waals surface area contributed by atoms with Gasteiger partial charge in [0.2, 0.25) is 0 Å². The molecule has 5 heteroatoms. The van der Waals surface area contributed by atoms with E-state index in [0.717, 1.165) is 12.0 Å². The highest BCUT2D eigenvalue weighted by atomic mass is 16.4. The SMILES string of the molecule is CN(CCC[13CH](O)[13c]1[13cH][13cH][13cH]n[13cH]1)N=O. The van der Waals surface area contributed by atoms with Gasteiger partial charge in [-0.05, 0) is 24.5 Å². The Hall–Kier alpha value is -1.49. The Morgan fingerprint density at radius 3 is 3.07 bits per heavy atom. The Labute approximate surface area is 88.7 Å². The molecule has 1 aromatic rings. The molecule has 1 N–H and O–H groups in total. The molecule has 0 aliphatic carbocycles. The molecule has 0 spiro atoms. The molecule has 15 heavy (non-hydrogen) atoms. The highest BCUT2D eigenvalue weighted by Gasteiger charge is 2.07. The lowest BCUT2D eigenvalue weighted by Crippen LogP contribution is -2.12. The van der Waals surface area contributed by atoms with E-state index in [-0.39, 0.29) is 0 Å². The van der Waals surface area contributed by atoms with Crippen LogP contribution in [0.3, 0.4) is 0 Å². The number of aliphatic hydroxyl groups excluding tert-OH is 1. The van der Waals surface area contributed by atoms with E-state index >= 15 is 0 Å². The van der Waals surface area contributed by atoms with E-state index in [4.69, 9.17) is 0 Å². The van der Waals surface area contributed by atoms with Crippen LogP contribution in [0.5, 0.6) is 0 Å². The lowest BCUT2D eigenvalue weighted by atomic mass is 10.4. The van der Waals surface area contributed by atoms with E-state index < -0.39 is 6.10 Å². The third kappa shape index (κ3) is 4.03. The summed E-state index contributed by atoms with van der Waals surface area (Å²) in [5, 5.41) is 13.8. The van der Waals surface area contributed by atoms with Gasteiger partial charge in [-0.2, -0.15) is 0 Å². The Bertz CT molecular complexity index is 292. The molecule has 1 unspecified atom stereocenters. The van der Waals surface area contributed by atoms with Crippen molar-refractivity contribution >= 4 is 0 Å². The van der Waals surface area contributed by atoms with Crippen LogP contribution in [0.1, 0.15) is 24.5 Å². The standard InChI is InChI=1S/C10H15N3O2/c1-13(12-15)7-3-5-10(14)9-4-2-6-11-8-9/h2,4,6,8,10,14H,3,5,7H2,1H3/i2+1,4+1,6+1,8+1,9+1,10+1. The molecule has 0 aromatic carbocycles. The van der Waals surface area contributed by atoms with Crippen LogP contribution < -0.4 is 0 Å². The molecule has 0 fully saturated rings. The predicted octanol–water partition coefficient (Wildman–Crippen LogP) is 1.51. The summed E-state index contributed by atoms with van der Waals surface area (Å²) in [6.45, 7) is 0.556. The summed E-state index contributed by atoms with van der Waals surface area (Å²) in [6, 6.07) is 3.62. The Kier molecular flexibility index (Phi) is 4.70. The van der Waals surface area contributed by atoms with Crippen LogP contribution in [-0.2, 0) is 0 Å². The molecule has 82 valence electrons. The molecule has 1 heterocycles. The van der Waals surface area contributed by atoms with E-state index in [9.17, 15) is 10.0 Å². The average molecular weight is 215 g/mol. The quantitative estimate of drug-likeness (QED) is 0.443. The number of nitrogens with zero attached hydrogens (tertiary/aromatic N) is 3. The van der Waals surface area contributed by atoms with E-state index in [1.807, 2.05) is 6.07 Å². The fourth-order valence-corrected chi connectivity index (χ4v) is 1.29. The predicted molar refractivity (Wildman–Crippen MR) is 56.9 cm³/mol. The van der Waals surface area contributed by atoms with Gasteiger partial charge in [0.05, 0.1) is 11.4 Å². The van der Waals surface area contributed by atoms with E-state index in [0.29, 0.717) is 13.0 Å². The van der Waals surface area contributed by atoms with Crippen molar-refractivity contribution in [1.82, 2.24) is 9.99 Å². The maximum absolute atomic E-state index is 10.1. The number of hydrogen-bond acceptors (Lipinski definition) is 4. The summed E-state index contributed by atoms with van der Waals surface area (Å²) in [5.41, 5.74) is 0.805. The minimum absolute atomic E-state index is 0.515. The molecule has 5 nitrogen and oxygen atoms in total. The first-order valence-corrected chi connectivity index (χ1v) is 4.86. The summed E-state index contributed by atoms with van der Waals surface area (Å²) in [7, 11) is 1.61. The van der Waals surface area contributed by atoms with Gasteiger partial charge in [0.1, 0.15) is 0 Å². The third-order valence-electron chi connectivity index (χ3n) is 2.17. The second-order valence-electron chi connectivity index (χ2n) is 3.41. The highest BCUT2D eigenvalue weighted by molar-refractivity contribution is 5.11. The normalized spacial score (nSPS) is 12.1. The molecule has 0 amide bonds. The topological polar surface area (TPSA) is 65.8 Å². The second-order valence-corrected chi connectivity index (χ2v) is 3.41. The van der Waals surface area contributed by atoms with Crippen molar-refractivity contribution in [3.05, 3.63) is 35.0 Å². The zero-order valence-corrected chi connectivity index (χ0v) is 8.71. The monoisotopic (exact) mass is 215 g/mol. The van der Waals surface area contributed by atoms with Gasteiger partial charge in [-0.15, -0.1) is 4.91 Å². The molecule has 0 aliphatic heterocycles. The van der Waals surface area contributed by atoms with Crippen LogP contribution in [0.25, 0.3) is 0 Å². The lowest BCUT2D eigenvalue weighted by molar-refractivity contribution is 0.158. The zero-order chi connectivity index (χ0) is 11.1. The van der Waals surface area contributed by atoms with Crippen LogP contribution in [-0.4, -0.2) is 28.7 Å². The third-order valence-corrected chi connectivity index (χ3v) is 2.17. The number of hydrogen-bond donors (Lipinski definition) is 1. The van der Waals surface area contributed by atoms with Crippen molar-refractivity contribution in [2.75, 3.05) is 13.6 Å². The van der Waals surface area contributed by atoms with Gasteiger partial charge in [-0.3, -0.25) is 9.99 Å². The molecule has 0 radical (unpaired) electrons. The van der Waals surface area contributed by atoms with Gasteiger partial charge >= 0.3 is 0 Å². The van der Waals surface area contributed by atoms with Crippen LogP contribution in [0, 0.1) is 4.91 Å². The summed E-state index contributed by atoms with van der Waals surface area (Å²) < 4.78 is 0. The first-order chi connectivity index (χ1) is 7.24. The van der Waals surface area contributed by atoms with Gasteiger partial charge in [-0.25, -0.2) is 0 Å². The number of aromatic nitrogens is 1. The highest BCUT2D eigenvalue weighted by Crippen LogP contribution is 2.16.